The molecule has 0 aliphatic carbocycles. The quantitative estimate of drug-likeness (QED) is 0.464. The predicted octanol–water partition coefficient (Wildman–Crippen LogP) is 4.68. The average molecular weight is 363 g/mol. The van der Waals surface area contributed by atoms with Gasteiger partial charge in [-0.25, -0.2) is 0 Å². The molecular formula is C25H19N2O+. The van der Waals surface area contributed by atoms with Crippen LogP contribution in [0.25, 0.3) is 32.8 Å². The number of aromatic amines is 1. The molecule has 0 aliphatic rings. The van der Waals surface area contributed by atoms with E-state index in [9.17, 15) is 4.79 Å². The largest absolute Gasteiger partial charge is 0.321 e. The minimum atomic E-state index is -0.0666. The Labute approximate surface area is 162 Å². The molecule has 2 heterocycles. The zero-order valence-electron chi connectivity index (χ0n) is 15.3. The Bertz CT molecular complexity index is 1350. The Morgan fingerprint density at radius 2 is 1.54 bits per heavy atom. The molecule has 134 valence electrons. The van der Waals surface area contributed by atoms with Crippen molar-refractivity contribution < 1.29 is 4.57 Å². The smallest absolute Gasteiger partial charge is 0.262 e. The summed E-state index contributed by atoms with van der Waals surface area (Å²) in [4.78, 5) is 15.8. The Morgan fingerprint density at radius 3 is 2.39 bits per heavy atom. The van der Waals surface area contributed by atoms with Crippen molar-refractivity contribution in [1.29, 1.82) is 0 Å². The van der Waals surface area contributed by atoms with Crippen LogP contribution in [0.5, 0.6) is 0 Å². The minimum Gasteiger partial charge on any atom is -0.321 e. The summed E-state index contributed by atoms with van der Waals surface area (Å²) in [6, 6.07) is 28.8. The van der Waals surface area contributed by atoms with Crippen molar-refractivity contribution in [3.63, 3.8) is 0 Å². The lowest BCUT2D eigenvalue weighted by atomic mass is 10.0. The number of aromatic nitrogens is 2. The third kappa shape index (κ3) is 3.08. The van der Waals surface area contributed by atoms with Gasteiger partial charge in [-0.1, -0.05) is 66.7 Å². The first-order valence-electron chi connectivity index (χ1n) is 9.35. The van der Waals surface area contributed by atoms with E-state index in [1.54, 1.807) is 0 Å². The highest BCUT2D eigenvalue weighted by atomic mass is 16.1. The number of hydrogen-bond acceptors (Lipinski definition) is 1. The fourth-order valence-electron chi connectivity index (χ4n) is 3.65. The van der Waals surface area contributed by atoms with Crippen LogP contribution in [0.3, 0.4) is 0 Å². The molecule has 0 radical (unpaired) electrons. The van der Waals surface area contributed by atoms with E-state index in [1.165, 1.54) is 10.9 Å². The Balaban J connectivity index is 1.56. The molecule has 2 aromatic heterocycles. The second kappa shape index (κ2) is 6.78. The standard InChI is InChI=1S/C25H18N2O/c28-25-23-17-27(16-18-6-2-1-3-7-18)13-12-21(23)15-24(26-25)22-11-10-19-8-4-5-9-20(19)14-22/h1-15,17H,16H2/p+1. The van der Waals surface area contributed by atoms with E-state index < -0.39 is 0 Å². The molecule has 0 saturated heterocycles. The highest BCUT2D eigenvalue weighted by molar-refractivity contribution is 5.89. The number of hydrogen-bond donors (Lipinski definition) is 1. The first-order valence-corrected chi connectivity index (χ1v) is 9.35. The van der Waals surface area contributed by atoms with Gasteiger partial charge in [-0.3, -0.25) is 4.79 Å². The molecule has 5 rings (SSSR count). The van der Waals surface area contributed by atoms with Gasteiger partial charge in [0.15, 0.2) is 18.9 Å². The number of fused-ring (bicyclic) bond motifs is 2. The van der Waals surface area contributed by atoms with E-state index in [-0.39, 0.29) is 5.56 Å². The summed E-state index contributed by atoms with van der Waals surface area (Å²) in [6.07, 6.45) is 3.95. The predicted molar refractivity (Wildman–Crippen MR) is 113 cm³/mol. The number of benzene rings is 3. The lowest BCUT2D eigenvalue weighted by Gasteiger charge is -2.06. The lowest BCUT2D eigenvalue weighted by molar-refractivity contribution is -0.687. The molecule has 0 amide bonds. The fraction of sp³-hybridized carbons (Fsp3) is 0.0400. The van der Waals surface area contributed by atoms with Gasteiger partial charge in [0, 0.05) is 22.7 Å². The summed E-state index contributed by atoms with van der Waals surface area (Å²) in [5, 5.41) is 3.99. The van der Waals surface area contributed by atoms with Crippen molar-refractivity contribution in [3.8, 4) is 11.3 Å². The molecule has 0 unspecified atom stereocenters. The zero-order chi connectivity index (χ0) is 18.9. The van der Waals surface area contributed by atoms with Gasteiger partial charge in [0.05, 0.1) is 0 Å². The van der Waals surface area contributed by atoms with Crippen LogP contribution in [-0.2, 0) is 6.54 Å². The maximum Gasteiger partial charge on any atom is 0.262 e. The van der Waals surface area contributed by atoms with Crippen molar-refractivity contribution >= 4 is 21.5 Å². The summed E-state index contributed by atoms with van der Waals surface area (Å²) in [5.41, 5.74) is 2.99. The Hall–Kier alpha value is -3.72. The van der Waals surface area contributed by atoms with Gasteiger partial charge in [-0.05, 0) is 28.5 Å². The molecule has 5 aromatic rings. The highest BCUT2D eigenvalue weighted by Gasteiger charge is 2.10. The van der Waals surface area contributed by atoms with Crippen LogP contribution in [0, 0.1) is 0 Å². The van der Waals surface area contributed by atoms with Crippen molar-refractivity contribution in [1.82, 2.24) is 4.98 Å². The normalized spacial score (nSPS) is 11.1. The maximum atomic E-state index is 12.8. The number of nitrogens with zero attached hydrogens (tertiary/aromatic N) is 1. The molecule has 1 N–H and O–H groups in total. The van der Waals surface area contributed by atoms with Gasteiger partial charge in [-0.15, -0.1) is 0 Å². The van der Waals surface area contributed by atoms with Crippen LogP contribution in [0.1, 0.15) is 5.56 Å². The summed E-state index contributed by atoms with van der Waals surface area (Å²) in [5.74, 6) is 0. The third-order valence-corrected chi connectivity index (χ3v) is 5.11. The van der Waals surface area contributed by atoms with Crippen molar-refractivity contribution in [2.45, 2.75) is 6.54 Å². The number of pyridine rings is 2. The summed E-state index contributed by atoms with van der Waals surface area (Å²) >= 11 is 0. The highest BCUT2D eigenvalue weighted by Crippen LogP contribution is 2.24. The van der Waals surface area contributed by atoms with Crippen LogP contribution in [-0.4, -0.2) is 4.98 Å². The molecule has 0 saturated carbocycles. The van der Waals surface area contributed by atoms with Gasteiger partial charge in [0.1, 0.15) is 5.39 Å². The number of rotatable bonds is 3. The van der Waals surface area contributed by atoms with E-state index in [0.717, 1.165) is 28.6 Å². The maximum absolute atomic E-state index is 12.8. The molecule has 28 heavy (non-hydrogen) atoms. The lowest BCUT2D eigenvalue weighted by Crippen LogP contribution is -2.34. The van der Waals surface area contributed by atoms with E-state index in [2.05, 4.69) is 47.4 Å². The molecule has 3 nitrogen and oxygen atoms in total. The van der Waals surface area contributed by atoms with Crippen LogP contribution in [0.4, 0.5) is 0 Å². The van der Waals surface area contributed by atoms with Crippen LogP contribution in [0.15, 0.2) is 102 Å². The SMILES string of the molecule is O=c1[nH]c(-c2ccc3ccccc3c2)cc2cc[n+](Cc3ccccc3)cc12. The van der Waals surface area contributed by atoms with Gasteiger partial charge in [-0.2, -0.15) is 4.57 Å². The van der Waals surface area contributed by atoms with Crippen molar-refractivity contribution in [2.24, 2.45) is 0 Å². The first-order chi connectivity index (χ1) is 13.8. The van der Waals surface area contributed by atoms with E-state index in [1.807, 2.05) is 59.4 Å². The first kappa shape index (κ1) is 16.5. The second-order valence-corrected chi connectivity index (χ2v) is 7.05. The van der Waals surface area contributed by atoms with Gasteiger partial charge < -0.3 is 4.98 Å². The second-order valence-electron chi connectivity index (χ2n) is 7.05. The molecule has 3 aromatic carbocycles. The van der Waals surface area contributed by atoms with Crippen LogP contribution >= 0.6 is 0 Å². The van der Waals surface area contributed by atoms with E-state index in [0.29, 0.717) is 5.39 Å². The molecule has 0 spiro atoms. The summed E-state index contributed by atoms with van der Waals surface area (Å²) in [6.45, 7) is 0.739. The Kier molecular flexibility index (Phi) is 3.99. The molecular weight excluding hydrogens is 344 g/mol. The minimum absolute atomic E-state index is 0.0666. The zero-order valence-corrected chi connectivity index (χ0v) is 15.3. The van der Waals surface area contributed by atoms with Crippen molar-refractivity contribution in [2.75, 3.05) is 0 Å². The molecule has 0 fully saturated rings. The van der Waals surface area contributed by atoms with Crippen molar-refractivity contribution in [3.05, 3.63) is 113 Å². The monoisotopic (exact) mass is 363 g/mol. The van der Waals surface area contributed by atoms with Crippen LogP contribution in [0.2, 0.25) is 0 Å². The summed E-state index contributed by atoms with van der Waals surface area (Å²) in [7, 11) is 0. The summed E-state index contributed by atoms with van der Waals surface area (Å²) < 4.78 is 2.04. The van der Waals surface area contributed by atoms with Crippen LogP contribution < -0.4 is 10.1 Å². The van der Waals surface area contributed by atoms with Gasteiger partial charge in [0.25, 0.3) is 5.56 Å². The fourth-order valence-corrected chi connectivity index (χ4v) is 3.65. The third-order valence-electron chi connectivity index (χ3n) is 5.11. The van der Waals surface area contributed by atoms with E-state index >= 15 is 0 Å². The van der Waals surface area contributed by atoms with Gasteiger partial charge >= 0.3 is 0 Å². The molecule has 3 heteroatoms. The Morgan fingerprint density at radius 1 is 0.750 bits per heavy atom. The van der Waals surface area contributed by atoms with Gasteiger partial charge in [0.2, 0.25) is 0 Å². The number of H-pyrrole nitrogens is 1. The topological polar surface area (TPSA) is 36.7 Å². The average Bonchev–Trinajstić information content (AvgIpc) is 2.74. The molecule has 0 atom stereocenters. The molecule has 0 bridgehead atoms. The molecule has 0 aliphatic heterocycles. The number of nitrogens with one attached hydrogen (secondary N) is 1. The van der Waals surface area contributed by atoms with E-state index in [4.69, 9.17) is 0 Å².